The van der Waals surface area contributed by atoms with E-state index in [1.165, 1.54) is 6.08 Å². The normalized spacial score (nSPS) is 10.4. The Balaban J connectivity index is 3.02. The molecule has 0 radical (unpaired) electrons. The van der Waals surface area contributed by atoms with Crippen molar-refractivity contribution < 1.29 is 9.90 Å². The van der Waals surface area contributed by atoms with Crippen molar-refractivity contribution in [1.82, 2.24) is 0 Å². The van der Waals surface area contributed by atoms with E-state index in [9.17, 15) is 4.79 Å². The predicted molar refractivity (Wildman–Crippen MR) is 58.6 cm³/mol. The predicted octanol–water partition coefficient (Wildman–Crippen LogP) is 1.83. The van der Waals surface area contributed by atoms with Gasteiger partial charge in [-0.1, -0.05) is 22.0 Å². The summed E-state index contributed by atoms with van der Waals surface area (Å²) < 4.78 is 0.873. The topological polar surface area (TPSA) is 75.3 Å². The van der Waals surface area contributed by atoms with Crippen LogP contribution in [0.4, 0.5) is 5.69 Å². The number of carbonyl (C=O) groups is 1. The number of hydrogen-bond donors (Lipinski definition) is 3. The lowest BCUT2D eigenvalue weighted by Crippen LogP contribution is -2.08. The minimum absolute atomic E-state index is 0.664. The van der Waals surface area contributed by atoms with Crippen LogP contribution in [-0.4, -0.2) is 11.1 Å². The highest BCUT2D eigenvalue weighted by Gasteiger charge is 1.98. The molecule has 0 spiro atoms. The summed E-state index contributed by atoms with van der Waals surface area (Å²) in [5.74, 6) is 4.28. The zero-order valence-corrected chi connectivity index (χ0v) is 8.78. The van der Waals surface area contributed by atoms with Gasteiger partial charge < -0.3 is 10.5 Å². The Kier molecular flexibility index (Phi) is 3.67. The van der Waals surface area contributed by atoms with E-state index in [1.807, 2.05) is 6.07 Å². The molecule has 1 aromatic carbocycles. The number of anilines is 1. The molecule has 0 saturated heterocycles. The van der Waals surface area contributed by atoms with E-state index in [-0.39, 0.29) is 0 Å². The van der Waals surface area contributed by atoms with Crippen LogP contribution in [0.1, 0.15) is 5.56 Å². The summed E-state index contributed by atoms with van der Waals surface area (Å²) in [6.45, 7) is 0. The number of carboxylic acids is 1. The molecule has 0 aliphatic heterocycles. The van der Waals surface area contributed by atoms with E-state index in [1.54, 1.807) is 12.1 Å². The van der Waals surface area contributed by atoms with Crippen molar-refractivity contribution in [2.24, 2.45) is 5.84 Å². The second kappa shape index (κ2) is 4.78. The molecule has 0 unspecified atom stereocenters. The third-order valence-electron chi connectivity index (χ3n) is 1.58. The fraction of sp³-hybridized carbons (Fsp3) is 0. The van der Waals surface area contributed by atoms with Crippen LogP contribution in [0.15, 0.2) is 28.7 Å². The van der Waals surface area contributed by atoms with Gasteiger partial charge in [0.2, 0.25) is 0 Å². The molecule has 1 rings (SSSR count). The summed E-state index contributed by atoms with van der Waals surface area (Å²) in [5.41, 5.74) is 3.87. The van der Waals surface area contributed by atoms with Gasteiger partial charge in [0.25, 0.3) is 0 Å². The van der Waals surface area contributed by atoms with Gasteiger partial charge in [-0.25, -0.2) is 4.79 Å². The Labute approximate surface area is 89.5 Å². The number of aliphatic carboxylic acids is 1. The van der Waals surface area contributed by atoms with E-state index in [0.717, 1.165) is 16.1 Å². The Morgan fingerprint density at radius 2 is 2.29 bits per heavy atom. The molecule has 5 heteroatoms. The molecule has 0 aliphatic rings. The fourth-order valence-corrected chi connectivity index (χ4v) is 1.32. The Morgan fingerprint density at radius 3 is 2.86 bits per heavy atom. The number of carboxylic acid groups (broad SMARTS) is 1. The van der Waals surface area contributed by atoms with Crippen LogP contribution in [-0.2, 0) is 4.79 Å². The Bertz CT molecular complexity index is 377. The van der Waals surface area contributed by atoms with Crippen LogP contribution in [0.5, 0.6) is 0 Å². The van der Waals surface area contributed by atoms with Gasteiger partial charge in [0.05, 0.1) is 5.69 Å². The largest absolute Gasteiger partial charge is 0.478 e. The molecule has 0 bridgehead atoms. The van der Waals surface area contributed by atoms with E-state index in [4.69, 9.17) is 10.9 Å². The number of nitrogen functional groups attached to an aromatic ring is 1. The molecule has 0 heterocycles. The molecule has 14 heavy (non-hydrogen) atoms. The lowest BCUT2D eigenvalue weighted by atomic mass is 10.1. The first kappa shape index (κ1) is 10.7. The second-order valence-electron chi connectivity index (χ2n) is 2.55. The Hall–Kier alpha value is -1.33. The molecule has 1 aromatic rings. The summed E-state index contributed by atoms with van der Waals surface area (Å²) in [5, 5.41) is 8.45. The standard InChI is InChI=1S/C9H9BrN2O2/c10-7-3-1-6(2-4-9(13)14)8(5-7)12-11/h1-5,12H,11H2,(H,13,14)/b4-2+. The summed E-state index contributed by atoms with van der Waals surface area (Å²) in [7, 11) is 0. The molecule has 0 saturated carbocycles. The average Bonchev–Trinajstić information content (AvgIpc) is 2.15. The van der Waals surface area contributed by atoms with E-state index in [0.29, 0.717) is 5.69 Å². The fourth-order valence-electron chi connectivity index (χ4n) is 0.960. The molecule has 0 aromatic heterocycles. The van der Waals surface area contributed by atoms with E-state index < -0.39 is 5.97 Å². The smallest absolute Gasteiger partial charge is 0.328 e. The molecule has 4 N–H and O–H groups in total. The molecule has 0 aliphatic carbocycles. The van der Waals surface area contributed by atoms with E-state index in [2.05, 4.69) is 21.4 Å². The maximum atomic E-state index is 10.3. The highest BCUT2D eigenvalue weighted by molar-refractivity contribution is 9.10. The molecular formula is C9H9BrN2O2. The van der Waals surface area contributed by atoms with Crippen LogP contribution in [0.25, 0.3) is 6.08 Å². The molecule has 0 atom stereocenters. The van der Waals surface area contributed by atoms with Gasteiger partial charge >= 0.3 is 5.97 Å². The SMILES string of the molecule is NNc1cc(Br)ccc1/C=C/C(=O)O. The number of halogens is 1. The van der Waals surface area contributed by atoms with Crippen molar-refractivity contribution in [3.63, 3.8) is 0 Å². The third-order valence-corrected chi connectivity index (χ3v) is 2.07. The summed E-state index contributed by atoms with van der Waals surface area (Å²) in [4.78, 5) is 10.3. The first-order chi connectivity index (χ1) is 6.63. The van der Waals surface area contributed by atoms with Crippen molar-refractivity contribution in [2.75, 3.05) is 5.43 Å². The van der Waals surface area contributed by atoms with Gasteiger partial charge in [-0.3, -0.25) is 5.84 Å². The molecule has 0 amide bonds. The number of nitrogens with two attached hydrogens (primary N) is 1. The minimum Gasteiger partial charge on any atom is -0.478 e. The maximum Gasteiger partial charge on any atom is 0.328 e. The van der Waals surface area contributed by atoms with Gasteiger partial charge in [0.1, 0.15) is 0 Å². The third kappa shape index (κ3) is 2.86. The lowest BCUT2D eigenvalue weighted by Gasteiger charge is -2.04. The van der Waals surface area contributed by atoms with Gasteiger partial charge in [-0.05, 0) is 23.8 Å². The van der Waals surface area contributed by atoms with Gasteiger partial charge in [0, 0.05) is 10.5 Å². The zero-order chi connectivity index (χ0) is 10.6. The van der Waals surface area contributed by atoms with Crippen LogP contribution in [0.3, 0.4) is 0 Å². The number of hydrogen-bond acceptors (Lipinski definition) is 3. The van der Waals surface area contributed by atoms with Crippen molar-refractivity contribution in [1.29, 1.82) is 0 Å². The quantitative estimate of drug-likeness (QED) is 0.438. The summed E-state index contributed by atoms with van der Waals surface area (Å²) >= 11 is 3.28. The minimum atomic E-state index is -0.990. The molecule has 74 valence electrons. The molecule has 0 fully saturated rings. The highest BCUT2D eigenvalue weighted by Crippen LogP contribution is 2.21. The molecular weight excluding hydrogens is 248 g/mol. The van der Waals surface area contributed by atoms with Crippen molar-refractivity contribution in [2.45, 2.75) is 0 Å². The maximum absolute atomic E-state index is 10.3. The van der Waals surface area contributed by atoms with Crippen LogP contribution < -0.4 is 11.3 Å². The first-order valence-corrected chi connectivity index (χ1v) is 4.60. The second-order valence-corrected chi connectivity index (χ2v) is 3.46. The van der Waals surface area contributed by atoms with Crippen molar-refractivity contribution in [3.8, 4) is 0 Å². The number of benzene rings is 1. The van der Waals surface area contributed by atoms with Crippen LogP contribution in [0.2, 0.25) is 0 Å². The van der Waals surface area contributed by atoms with Crippen molar-refractivity contribution in [3.05, 3.63) is 34.3 Å². The van der Waals surface area contributed by atoms with Crippen LogP contribution in [0, 0.1) is 0 Å². The van der Waals surface area contributed by atoms with Crippen molar-refractivity contribution >= 4 is 33.7 Å². The van der Waals surface area contributed by atoms with Crippen LogP contribution >= 0.6 is 15.9 Å². The highest BCUT2D eigenvalue weighted by atomic mass is 79.9. The summed E-state index contributed by atoms with van der Waals surface area (Å²) in [6.07, 6.45) is 2.54. The van der Waals surface area contributed by atoms with Gasteiger partial charge in [-0.15, -0.1) is 0 Å². The monoisotopic (exact) mass is 256 g/mol. The number of rotatable bonds is 3. The number of hydrazine groups is 1. The Morgan fingerprint density at radius 1 is 1.57 bits per heavy atom. The van der Waals surface area contributed by atoms with Gasteiger partial charge in [-0.2, -0.15) is 0 Å². The van der Waals surface area contributed by atoms with Gasteiger partial charge in [0.15, 0.2) is 0 Å². The van der Waals surface area contributed by atoms with E-state index >= 15 is 0 Å². The zero-order valence-electron chi connectivity index (χ0n) is 7.20. The molecule has 4 nitrogen and oxygen atoms in total. The average molecular weight is 257 g/mol. The lowest BCUT2D eigenvalue weighted by molar-refractivity contribution is -0.131. The first-order valence-electron chi connectivity index (χ1n) is 3.80. The number of nitrogens with one attached hydrogen (secondary N) is 1. The summed E-state index contributed by atoms with van der Waals surface area (Å²) in [6, 6.07) is 5.34.